The summed E-state index contributed by atoms with van der Waals surface area (Å²) in [6, 6.07) is 4.64. The fraction of sp³-hybridized carbons (Fsp3) is 0.640. The van der Waals surface area contributed by atoms with Crippen LogP contribution >= 0.6 is 0 Å². The van der Waals surface area contributed by atoms with Crippen LogP contribution in [0.4, 0.5) is 4.39 Å². The third-order valence-corrected chi connectivity index (χ3v) is 7.72. The number of rotatable bonds is 7. The second-order valence-electron chi connectivity index (χ2n) is 9.71. The number of piperidine rings is 1. The van der Waals surface area contributed by atoms with Crippen molar-refractivity contribution in [1.82, 2.24) is 15.0 Å². The van der Waals surface area contributed by atoms with Crippen molar-refractivity contribution in [2.24, 2.45) is 11.8 Å². The van der Waals surface area contributed by atoms with Gasteiger partial charge in [0.25, 0.3) is 0 Å². The Labute approximate surface area is 188 Å². The molecule has 3 heterocycles. The Hall–Kier alpha value is -2.28. The first-order chi connectivity index (χ1) is 15.6. The number of imide groups is 1. The molecule has 7 heteroatoms. The first kappa shape index (κ1) is 21.6. The predicted octanol–water partition coefficient (Wildman–Crippen LogP) is 4.49. The van der Waals surface area contributed by atoms with E-state index in [-0.39, 0.29) is 29.5 Å². The van der Waals surface area contributed by atoms with Gasteiger partial charge in [-0.15, -0.1) is 0 Å². The Morgan fingerprint density at radius 1 is 0.938 bits per heavy atom. The fourth-order valence-corrected chi connectivity index (χ4v) is 5.89. The summed E-state index contributed by atoms with van der Waals surface area (Å²) in [6.45, 7) is 3.68. The zero-order valence-corrected chi connectivity index (χ0v) is 18.6. The van der Waals surface area contributed by atoms with E-state index in [1.807, 2.05) is 0 Å². The highest BCUT2D eigenvalue weighted by molar-refractivity contribution is 6.05. The van der Waals surface area contributed by atoms with Gasteiger partial charge in [0.2, 0.25) is 11.8 Å². The molecule has 2 unspecified atom stereocenters. The molecule has 2 aromatic rings. The molecule has 0 N–H and O–H groups in total. The van der Waals surface area contributed by atoms with Crippen LogP contribution in [0.3, 0.4) is 0 Å². The SMILES string of the molecule is O=C1C2CCCCC2C(=O)N1CCCCCN1CCC(c2noc3cc(F)ccc23)CC1. The third-order valence-electron chi connectivity index (χ3n) is 7.72. The molecule has 2 aliphatic heterocycles. The van der Waals surface area contributed by atoms with Gasteiger partial charge >= 0.3 is 0 Å². The van der Waals surface area contributed by atoms with Gasteiger partial charge in [-0.2, -0.15) is 0 Å². The summed E-state index contributed by atoms with van der Waals surface area (Å²) in [5, 5.41) is 5.16. The highest BCUT2D eigenvalue weighted by Gasteiger charge is 2.47. The monoisotopic (exact) mass is 441 g/mol. The van der Waals surface area contributed by atoms with E-state index in [0.29, 0.717) is 18.0 Å². The molecular formula is C25H32FN3O3. The molecule has 32 heavy (non-hydrogen) atoms. The van der Waals surface area contributed by atoms with E-state index >= 15 is 0 Å². The maximum atomic E-state index is 13.4. The van der Waals surface area contributed by atoms with E-state index in [4.69, 9.17) is 4.52 Å². The number of amides is 2. The van der Waals surface area contributed by atoms with Gasteiger partial charge in [-0.25, -0.2) is 4.39 Å². The Morgan fingerprint density at radius 2 is 1.62 bits per heavy atom. The van der Waals surface area contributed by atoms with Crippen LogP contribution in [-0.4, -0.2) is 52.9 Å². The van der Waals surface area contributed by atoms with Gasteiger partial charge in [0.1, 0.15) is 5.82 Å². The molecule has 1 saturated carbocycles. The van der Waals surface area contributed by atoms with Crippen LogP contribution in [0.2, 0.25) is 0 Å². The highest BCUT2D eigenvalue weighted by atomic mass is 19.1. The summed E-state index contributed by atoms with van der Waals surface area (Å²) in [4.78, 5) is 29.1. The van der Waals surface area contributed by atoms with E-state index < -0.39 is 0 Å². The van der Waals surface area contributed by atoms with E-state index in [1.54, 1.807) is 11.0 Å². The van der Waals surface area contributed by atoms with Crippen molar-refractivity contribution in [1.29, 1.82) is 0 Å². The number of hydrogen-bond acceptors (Lipinski definition) is 5. The summed E-state index contributed by atoms with van der Waals surface area (Å²) in [7, 11) is 0. The molecule has 5 rings (SSSR count). The molecule has 0 radical (unpaired) electrons. The van der Waals surface area contributed by atoms with Gasteiger partial charge in [0.05, 0.1) is 17.5 Å². The molecular weight excluding hydrogens is 409 g/mol. The Kier molecular flexibility index (Phi) is 6.26. The van der Waals surface area contributed by atoms with E-state index in [0.717, 1.165) is 88.5 Å². The number of fused-ring (bicyclic) bond motifs is 2. The Bertz CT molecular complexity index is 958. The van der Waals surface area contributed by atoms with Crippen molar-refractivity contribution in [3.8, 4) is 0 Å². The largest absolute Gasteiger partial charge is 0.356 e. The van der Waals surface area contributed by atoms with Crippen LogP contribution in [0.1, 0.15) is 69.4 Å². The number of carbonyl (C=O) groups is 2. The lowest BCUT2D eigenvalue weighted by molar-refractivity contribution is -0.139. The minimum absolute atomic E-state index is 0.0293. The van der Waals surface area contributed by atoms with Crippen LogP contribution in [0.15, 0.2) is 22.7 Å². The minimum atomic E-state index is -0.299. The van der Waals surface area contributed by atoms with E-state index in [9.17, 15) is 14.0 Å². The van der Waals surface area contributed by atoms with Crippen molar-refractivity contribution in [3.63, 3.8) is 0 Å². The van der Waals surface area contributed by atoms with Gasteiger partial charge in [0.15, 0.2) is 5.58 Å². The Balaban J connectivity index is 1.03. The number of unbranched alkanes of at least 4 members (excludes halogenated alkanes) is 2. The third kappa shape index (κ3) is 4.19. The fourth-order valence-electron chi connectivity index (χ4n) is 5.89. The zero-order chi connectivity index (χ0) is 22.1. The number of likely N-dealkylation sites (tertiary alicyclic amines) is 2. The van der Waals surface area contributed by atoms with Gasteiger partial charge in [0, 0.05) is 23.9 Å². The second-order valence-corrected chi connectivity index (χ2v) is 9.71. The van der Waals surface area contributed by atoms with E-state index in [2.05, 4.69) is 10.1 Å². The molecule has 1 aromatic heterocycles. The number of aromatic nitrogens is 1. The summed E-state index contributed by atoms with van der Waals surface area (Å²) >= 11 is 0. The summed E-state index contributed by atoms with van der Waals surface area (Å²) in [6.07, 6.45) is 9.01. The van der Waals surface area contributed by atoms with Crippen LogP contribution in [0.5, 0.6) is 0 Å². The number of hydrogen-bond donors (Lipinski definition) is 0. The van der Waals surface area contributed by atoms with Crippen molar-refractivity contribution in [3.05, 3.63) is 29.7 Å². The maximum absolute atomic E-state index is 13.4. The molecule has 0 spiro atoms. The lowest BCUT2D eigenvalue weighted by Gasteiger charge is -2.31. The van der Waals surface area contributed by atoms with Gasteiger partial charge in [-0.05, 0) is 70.3 Å². The molecule has 3 aliphatic rings. The van der Waals surface area contributed by atoms with Crippen LogP contribution in [0.25, 0.3) is 11.0 Å². The summed E-state index contributed by atoms with van der Waals surface area (Å²) in [5.74, 6) is 0.173. The normalized spacial score (nSPS) is 25.1. The highest BCUT2D eigenvalue weighted by Crippen LogP contribution is 2.38. The molecule has 2 atom stereocenters. The van der Waals surface area contributed by atoms with Crippen molar-refractivity contribution in [2.45, 2.75) is 63.7 Å². The predicted molar refractivity (Wildman–Crippen MR) is 118 cm³/mol. The first-order valence-electron chi connectivity index (χ1n) is 12.2. The van der Waals surface area contributed by atoms with Gasteiger partial charge < -0.3 is 9.42 Å². The van der Waals surface area contributed by atoms with Gasteiger partial charge in [-0.1, -0.05) is 24.4 Å². The van der Waals surface area contributed by atoms with Crippen molar-refractivity contribution >= 4 is 22.8 Å². The average Bonchev–Trinajstić information content (AvgIpc) is 3.33. The number of carbonyl (C=O) groups excluding carboxylic acids is 2. The maximum Gasteiger partial charge on any atom is 0.233 e. The molecule has 172 valence electrons. The van der Waals surface area contributed by atoms with Crippen molar-refractivity contribution in [2.75, 3.05) is 26.2 Å². The summed E-state index contributed by atoms with van der Waals surface area (Å²) in [5.41, 5.74) is 1.48. The average molecular weight is 442 g/mol. The zero-order valence-electron chi connectivity index (χ0n) is 18.6. The number of nitrogens with zero attached hydrogens (tertiary/aromatic N) is 3. The number of benzene rings is 1. The van der Waals surface area contributed by atoms with Crippen molar-refractivity contribution < 1.29 is 18.5 Å². The second kappa shape index (κ2) is 9.30. The lowest BCUT2D eigenvalue weighted by Crippen LogP contribution is -2.34. The molecule has 2 saturated heterocycles. The Morgan fingerprint density at radius 3 is 2.34 bits per heavy atom. The smallest absolute Gasteiger partial charge is 0.233 e. The lowest BCUT2D eigenvalue weighted by atomic mass is 9.81. The summed E-state index contributed by atoms with van der Waals surface area (Å²) < 4.78 is 18.7. The first-order valence-corrected chi connectivity index (χ1v) is 12.2. The van der Waals surface area contributed by atoms with E-state index in [1.165, 1.54) is 12.1 Å². The van der Waals surface area contributed by atoms with Crippen LogP contribution in [0, 0.1) is 17.7 Å². The molecule has 1 aromatic carbocycles. The van der Waals surface area contributed by atoms with Crippen LogP contribution < -0.4 is 0 Å². The minimum Gasteiger partial charge on any atom is -0.356 e. The molecule has 3 fully saturated rings. The molecule has 2 amide bonds. The standard InChI is InChI=1S/C25H32FN3O3/c26-18-8-9-21-22(16-18)32-27-23(21)17-10-14-28(15-11-17)12-4-1-5-13-29-24(30)19-6-2-3-7-20(19)25(29)31/h8-9,16-17,19-20H,1-7,10-15H2. The quantitative estimate of drug-likeness (QED) is 0.468. The van der Waals surface area contributed by atoms with Crippen LogP contribution in [-0.2, 0) is 9.59 Å². The number of halogens is 1. The molecule has 1 aliphatic carbocycles. The topological polar surface area (TPSA) is 66.7 Å². The molecule has 6 nitrogen and oxygen atoms in total. The van der Waals surface area contributed by atoms with Gasteiger partial charge in [-0.3, -0.25) is 14.5 Å². The molecule has 0 bridgehead atoms.